The molecule has 96 valence electrons. The summed E-state index contributed by atoms with van der Waals surface area (Å²) in [5.41, 5.74) is 2.72. The molecule has 0 fully saturated rings. The lowest BCUT2D eigenvalue weighted by Gasteiger charge is -2.25. The van der Waals surface area contributed by atoms with Gasteiger partial charge in [-0.05, 0) is 37.9 Å². The Morgan fingerprint density at radius 1 is 1.18 bits per heavy atom. The number of nitrogens with one attached hydrogen (secondary N) is 1. The molecular weight excluding hydrogens is 208 g/mol. The number of nitrogens with zero attached hydrogens (tertiary/aromatic N) is 1. The van der Waals surface area contributed by atoms with Crippen LogP contribution in [-0.2, 0) is 0 Å². The van der Waals surface area contributed by atoms with Crippen molar-refractivity contribution in [2.24, 2.45) is 5.92 Å². The summed E-state index contributed by atoms with van der Waals surface area (Å²) in [5, 5.41) is 3.31. The summed E-state index contributed by atoms with van der Waals surface area (Å²) >= 11 is 0. The van der Waals surface area contributed by atoms with Crippen LogP contribution < -0.4 is 10.2 Å². The topological polar surface area (TPSA) is 15.3 Å². The third-order valence-corrected chi connectivity index (χ3v) is 3.29. The van der Waals surface area contributed by atoms with Crippen LogP contribution in [0.25, 0.3) is 0 Å². The minimum Gasteiger partial charge on any atom is -0.374 e. The van der Waals surface area contributed by atoms with Gasteiger partial charge < -0.3 is 10.2 Å². The maximum Gasteiger partial charge on any atom is 0.0412 e. The van der Waals surface area contributed by atoms with E-state index in [-0.39, 0.29) is 0 Å². The molecule has 0 aromatic heterocycles. The van der Waals surface area contributed by atoms with E-state index in [0.717, 1.165) is 12.5 Å². The van der Waals surface area contributed by atoms with Crippen LogP contribution in [0.1, 0.15) is 38.8 Å². The van der Waals surface area contributed by atoms with Crippen molar-refractivity contribution in [1.29, 1.82) is 0 Å². The van der Waals surface area contributed by atoms with Crippen LogP contribution in [0.4, 0.5) is 5.69 Å². The number of benzene rings is 1. The molecule has 0 saturated heterocycles. The molecule has 1 rings (SSSR count). The van der Waals surface area contributed by atoms with Crippen LogP contribution in [0.15, 0.2) is 24.3 Å². The van der Waals surface area contributed by atoms with Gasteiger partial charge in [-0.25, -0.2) is 0 Å². The van der Waals surface area contributed by atoms with Crippen LogP contribution >= 0.6 is 0 Å². The van der Waals surface area contributed by atoms with Gasteiger partial charge in [0.2, 0.25) is 0 Å². The van der Waals surface area contributed by atoms with E-state index >= 15 is 0 Å². The molecule has 0 radical (unpaired) electrons. The number of rotatable bonds is 6. The molecule has 0 bridgehead atoms. The van der Waals surface area contributed by atoms with E-state index in [2.05, 4.69) is 62.3 Å². The maximum absolute atomic E-state index is 3.31. The summed E-state index contributed by atoms with van der Waals surface area (Å²) in [6, 6.07) is 9.05. The molecule has 2 nitrogen and oxygen atoms in total. The Labute approximate surface area is 106 Å². The second kappa shape index (κ2) is 6.65. The molecule has 17 heavy (non-hydrogen) atoms. The molecule has 1 N–H and O–H groups in total. The first kappa shape index (κ1) is 14.0. The largest absolute Gasteiger partial charge is 0.374 e. The molecule has 1 unspecified atom stereocenters. The van der Waals surface area contributed by atoms with Crippen molar-refractivity contribution >= 4 is 5.69 Å². The van der Waals surface area contributed by atoms with Gasteiger partial charge in [0.05, 0.1) is 0 Å². The molecule has 0 aliphatic carbocycles. The van der Waals surface area contributed by atoms with E-state index in [0.29, 0.717) is 6.04 Å². The zero-order chi connectivity index (χ0) is 12.8. The number of para-hydroxylation sites is 1. The molecule has 0 saturated carbocycles. The Bertz CT molecular complexity index is 333. The van der Waals surface area contributed by atoms with E-state index in [4.69, 9.17) is 0 Å². The number of anilines is 1. The van der Waals surface area contributed by atoms with Gasteiger partial charge >= 0.3 is 0 Å². The van der Waals surface area contributed by atoms with Gasteiger partial charge in [0.1, 0.15) is 0 Å². The van der Waals surface area contributed by atoms with Gasteiger partial charge in [-0.2, -0.15) is 0 Å². The SMILES string of the molecule is CNC(C)c1ccccc1N(C)CCC(C)C. The molecule has 1 aromatic rings. The van der Waals surface area contributed by atoms with Crippen LogP contribution in [0.5, 0.6) is 0 Å². The first-order valence-electron chi connectivity index (χ1n) is 6.53. The van der Waals surface area contributed by atoms with Crippen molar-refractivity contribution < 1.29 is 0 Å². The quantitative estimate of drug-likeness (QED) is 0.811. The Kier molecular flexibility index (Phi) is 5.49. The minimum atomic E-state index is 0.396. The second-order valence-corrected chi connectivity index (χ2v) is 5.17. The molecule has 2 heteroatoms. The maximum atomic E-state index is 3.31. The van der Waals surface area contributed by atoms with Crippen molar-refractivity contribution in [2.45, 2.75) is 33.2 Å². The van der Waals surface area contributed by atoms with Crippen molar-refractivity contribution in [3.63, 3.8) is 0 Å². The average Bonchev–Trinajstić information content (AvgIpc) is 2.34. The zero-order valence-electron chi connectivity index (χ0n) is 11.8. The van der Waals surface area contributed by atoms with Crippen LogP contribution in [0.3, 0.4) is 0 Å². The molecule has 0 heterocycles. The van der Waals surface area contributed by atoms with Gasteiger partial charge in [-0.15, -0.1) is 0 Å². The number of hydrogen-bond acceptors (Lipinski definition) is 2. The fourth-order valence-corrected chi connectivity index (χ4v) is 1.93. The molecule has 0 aliphatic rings. The van der Waals surface area contributed by atoms with E-state index in [1.807, 2.05) is 7.05 Å². The summed E-state index contributed by atoms with van der Waals surface area (Å²) in [6.07, 6.45) is 1.23. The summed E-state index contributed by atoms with van der Waals surface area (Å²) in [4.78, 5) is 2.36. The second-order valence-electron chi connectivity index (χ2n) is 5.17. The van der Waals surface area contributed by atoms with Crippen molar-refractivity contribution in [3.8, 4) is 0 Å². The van der Waals surface area contributed by atoms with Crippen LogP contribution in [0, 0.1) is 5.92 Å². The van der Waals surface area contributed by atoms with Gasteiger partial charge in [0.25, 0.3) is 0 Å². The molecule has 0 spiro atoms. The predicted molar refractivity (Wildman–Crippen MR) is 76.6 cm³/mol. The molecule has 1 aromatic carbocycles. The fourth-order valence-electron chi connectivity index (χ4n) is 1.93. The lowest BCUT2D eigenvalue weighted by Crippen LogP contribution is -2.23. The Morgan fingerprint density at radius 3 is 2.41 bits per heavy atom. The monoisotopic (exact) mass is 234 g/mol. The standard InChI is InChI=1S/C15H26N2/c1-12(2)10-11-17(5)15-9-7-6-8-14(15)13(3)16-4/h6-9,12-13,16H,10-11H2,1-5H3. The van der Waals surface area contributed by atoms with Crippen molar-refractivity contribution in [1.82, 2.24) is 5.32 Å². The molecule has 0 amide bonds. The smallest absolute Gasteiger partial charge is 0.0412 e. The first-order chi connectivity index (χ1) is 8.06. The van der Waals surface area contributed by atoms with Gasteiger partial charge in [-0.3, -0.25) is 0 Å². The van der Waals surface area contributed by atoms with Crippen molar-refractivity contribution in [2.75, 3.05) is 25.5 Å². The number of hydrogen-bond donors (Lipinski definition) is 1. The van der Waals surface area contributed by atoms with Gasteiger partial charge in [0, 0.05) is 25.3 Å². The Morgan fingerprint density at radius 2 is 1.82 bits per heavy atom. The van der Waals surface area contributed by atoms with E-state index in [9.17, 15) is 0 Å². The summed E-state index contributed by atoms with van der Waals surface area (Å²) in [6.45, 7) is 7.87. The zero-order valence-corrected chi connectivity index (χ0v) is 11.8. The van der Waals surface area contributed by atoms with E-state index in [1.54, 1.807) is 0 Å². The normalized spacial score (nSPS) is 12.8. The summed E-state index contributed by atoms with van der Waals surface area (Å²) < 4.78 is 0. The lowest BCUT2D eigenvalue weighted by molar-refractivity contribution is 0.582. The fraction of sp³-hybridized carbons (Fsp3) is 0.600. The molecular formula is C15H26N2. The van der Waals surface area contributed by atoms with E-state index in [1.165, 1.54) is 17.7 Å². The van der Waals surface area contributed by atoms with Gasteiger partial charge in [-0.1, -0.05) is 32.0 Å². The lowest BCUT2D eigenvalue weighted by atomic mass is 10.0. The molecule has 1 atom stereocenters. The van der Waals surface area contributed by atoms with Crippen LogP contribution in [0.2, 0.25) is 0 Å². The summed E-state index contributed by atoms with van der Waals surface area (Å²) in [5.74, 6) is 0.756. The highest BCUT2D eigenvalue weighted by Gasteiger charge is 2.11. The van der Waals surface area contributed by atoms with Crippen LogP contribution in [-0.4, -0.2) is 20.6 Å². The minimum absolute atomic E-state index is 0.396. The van der Waals surface area contributed by atoms with E-state index < -0.39 is 0 Å². The third-order valence-electron chi connectivity index (χ3n) is 3.29. The first-order valence-corrected chi connectivity index (χ1v) is 6.53. The third kappa shape index (κ3) is 4.04. The molecule has 0 aliphatic heterocycles. The highest BCUT2D eigenvalue weighted by Crippen LogP contribution is 2.25. The van der Waals surface area contributed by atoms with Gasteiger partial charge in [0.15, 0.2) is 0 Å². The van der Waals surface area contributed by atoms with Crippen molar-refractivity contribution in [3.05, 3.63) is 29.8 Å². The highest BCUT2D eigenvalue weighted by atomic mass is 15.1. The Hall–Kier alpha value is -1.02. The highest BCUT2D eigenvalue weighted by molar-refractivity contribution is 5.54. The Balaban J connectivity index is 2.81. The summed E-state index contributed by atoms with van der Waals surface area (Å²) in [7, 11) is 4.19. The predicted octanol–water partition coefficient (Wildman–Crippen LogP) is 3.45. The average molecular weight is 234 g/mol.